The summed E-state index contributed by atoms with van der Waals surface area (Å²) in [6.45, 7) is 13.1. The van der Waals surface area contributed by atoms with Gasteiger partial charge in [-0.1, -0.05) is 102 Å². The molecule has 0 saturated carbocycles. The minimum absolute atomic E-state index is 0.181. The molecule has 0 radical (unpaired) electrons. The third-order valence-corrected chi connectivity index (χ3v) is 8.04. The van der Waals surface area contributed by atoms with Gasteiger partial charge in [0.05, 0.1) is 13.2 Å². The van der Waals surface area contributed by atoms with Crippen LogP contribution in [0.15, 0.2) is 36.4 Å². The number of carbonyl (C=O) groups excluding carboxylic acids is 2. The van der Waals surface area contributed by atoms with Crippen molar-refractivity contribution >= 4 is 33.5 Å². The van der Waals surface area contributed by atoms with Crippen molar-refractivity contribution < 1.29 is 28.5 Å². The molecule has 0 aliphatic carbocycles. The Morgan fingerprint density at radius 2 is 1.02 bits per heavy atom. The Kier molecular flexibility index (Phi) is 13.4. The van der Waals surface area contributed by atoms with Crippen molar-refractivity contribution in [3.05, 3.63) is 47.5 Å². The average molecular weight is 579 g/mol. The molecule has 0 bridgehead atoms. The number of hydrogen-bond donors (Lipinski definition) is 0. The van der Waals surface area contributed by atoms with Gasteiger partial charge in [-0.3, -0.25) is 0 Å². The van der Waals surface area contributed by atoms with E-state index in [1.54, 1.807) is 0 Å². The number of hydrogen-bond acceptors (Lipinski definition) is 6. The van der Waals surface area contributed by atoms with Crippen LogP contribution in [0.3, 0.4) is 0 Å². The van der Waals surface area contributed by atoms with Gasteiger partial charge in [0, 0.05) is 21.5 Å². The highest BCUT2D eigenvalue weighted by Gasteiger charge is 2.20. The fourth-order valence-corrected chi connectivity index (χ4v) is 5.25. The summed E-state index contributed by atoms with van der Waals surface area (Å²) in [5.74, 6) is 1.20. The smallest absolute Gasteiger partial charge is 0.344 e. The zero-order chi connectivity index (χ0) is 30.5. The number of fused-ring (bicyclic) bond motifs is 2. The van der Waals surface area contributed by atoms with Crippen LogP contribution < -0.4 is 9.47 Å². The fourth-order valence-electron chi connectivity index (χ4n) is 5.25. The Morgan fingerprint density at radius 3 is 1.40 bits per heavy atom. The molecule has 42 heavy (non-hydrogen) atoms. The van der Waals surface area contributed by atoms with E-state index in [-0.39, 0.29) is 25.2 Å². The third-order valence-electron chi connectivity index (χ3n) is 8.04. The molecule has 0 aliphatic rings. The van der Waals surface area contributed by atoms with Gasteiger partial charge in [0.2, 0.25) is 0 Å². The lowest BCUT2D eigenvalue weighted by Gasteiger charge is -2.19. The summed E-state index contributed by atoms with van der Waals surface area (Å²) in [5.41, 5.74) is 2.10. The van der Waals surface area contributed by atoms with Gasteiger partial charge in [-0.05, 0) is 50.7 Å². The van der Waals surface area contributed by atoms with Crippen LogP contribution in [0.1, 0.15) is 90.2 Å². The summed E-state index contributed by atoms with van der Waals surface area (Å²) in [5, 5.41) is 3.27. The summed E-state index contributed by atoms with van der Waals surface area (Å²) in [4.78, 5) is 25.4. The minimum atomic E-state index is -0.377. The van der Waals surface area contributed by atoms with Crippen LogP contribution in [0.5, 0.6) is 11.5 Å². The number of unbranched alkanes of at least 4 members (excludes halogenated alkanes) is 2. The van der Waals surface area contributed by atoms with Gasteiger partial charge in [0.1, 0.15) is 11.5 Å². The summed E-state index contributed by atoms with van der Waals surface area (Å²) >= 11 is 0. The molecule has 0 amide bonds. The van der Waals surface area contributed by atoms with Gasteiger partial charge in [-0.15, -0.1) is 0 Å². The van der Waals surface area contributed by atoms with Gasteiger partial charge >= 0.3 is 11.9 Å². The number of benzene rings is 3. The van der Waals surface area contributed by atoms with Crippen LogP contribution in [-0.2, 0) is 19.1 Å². The van der Waals surface area contributed by atoms with Crippen molar-refractivity contribution in [1.29, 1.82) is 0 Å². The van der Waals surface area contributed by atoms with Crippen molar-refractivity contribution in [2.45, 2.75) is 92.9 Å². The molecule has 0 aliphatic heterocycles. The maximum atomic E-state index is 12.7. The molecule has 0 saturated heterocycles. The Hall–Kier alpha value is -3.28. The van der Waals surface area contributed by atoms with Crippen molar-refractivity contribution in [3.63, 3.8) is 0 Å². The van der Waals surface area contributed by atoms with Gasteiger partial charge in [-0.25, -0.2) is 9.59 Å². The van der Waals surface area contributed by atoms with E-state index in [9.17, 15) is 9.59 Å². The van der Waals surface area contributed by atoms with Crippen LogP contribution >= 0.6 is 0 Å². The summed E-state index contributed by atoms with van der Waals surface area (Å²) in [6.07, 6.45) is 8.60. The lowest BCUT2D eigenvalue weighted by molar-refractivity contribution is -0.148. The van der Waals surface area contributed by atoms with E-state index in [4.69, 9.17) is 18.9 Å². The largest absolute Gasteiger partial charge is 0.481 e. The zero-order valence-electron chi connectivity index (χ0n) is 26.6. The highest BCUT2D eigenvalue weighted by molar-refractivity contribution is 6.11. The van der Waals surface area contributed by atoms with Crippen LogP contribution in [0, 0.1) is 25.7 Å². The van der Waals surface area contributed by atoms with Crippen molar-refractivity contribution in [3.8, 4) is 11.5 Å². The lowest BCUT2D eigenvalue weighted by Crippen LogP contribution is -2.20. The van der Waals surface area contributed by atoms with Crippen LogP contribution in [0.4, 0.5) is 0 Å². The van der Waals surface area contributed by atoms with Crippen molar-refractivity contribution in [1.82, 2.24) is 0 Å². The molecule has 2 atom stereocenters. The molecular weight excluding hydrogens is 528 g/mol. The van der Waals surface area contributed by atoms with E-state index in [0.29, 0.717) is 36.5 Å². The van der Waals surface area contributed by atoms with E-state index in [2.05, 4.69) is 27.7 Å². The third kappa shape index (κ3) is 9.37. The van der Waals surface area contributed by atoms with Gasteiger partial charge < -0.3 is 18.9 Å². The van der Waals surface area contributed by atoms with E-state index in [1.807, 2.05) is 50.2 Å². The molecule has 6 nitrogen and oxygen atoms in total. The molecule has 0 N–H and O–H groups in total. The second-order valence-electron chi connectivity index (χ2n) is 11.5. The highest BCUT2D eigenvalue weighted by Crippen LogP contribution is 2.43. The second-order valence-corrected chi connectivity index (χ2v) is 11.5. The first-order valence-corrected chi connectivity index (χ1v) is 15.8. The Bertz CT molecular complexity index is 1250. The number of aryl methyl sites for hydroxylation is 2. The highest BCUT2D eigenvalue weighted by atomic mass is 16.6. The van der Waals surface area contributed by atoms with Gasteiger partial charge in [0.15, 0.2) is 13.2 Å². The number of esters is 2. The predicted molar refractivity (Wildman–Crippen MR) is 170 cm³/mol. The van der Waals surface area contributed by atoms with E-state index < -0.39 is 0 Å². The molecule has 0 aromatic heterocycles. The topological polar surface area (TPSA) is 71.1 Å². The average Bonchev–Trinajstić information content (AvgIpc) is 2.99. The standard InChI is InChI=1S/C36H50O6/c1-7-11-13-27(9-3)21-39-33(37)23-41-35-29-17-15-25(5)19-31(29)36(32-20-26(6)16-18-30(32)35)42-24-34(38)40-22-28(10-4)14-12-8-2/h15-20,27-28H,7-14,21-24H2,1-6H3. The SMILES string of the molecule is CCCCC(CC)COC(=O)COc1c2ccc(C)cc2c(OCC(=O)OCC(CC)CCCC)c2cc(C)ccc12. The Labute approximate surface area is 252 Å². The lowest BCUT2D eigenvalue weighted by atomic mass is 9.98. The second kappa shape index (κ2) is 17.0. The molecule has 2 unspecified atom stereocenters. The quantitative estimate of drug-likeness (QED) is 0.111. The summed E-state index contributed by atoms with van der Waals surface area (Å²) < 4.78 is 23.6. The maximum Gasteiger partial charge on any atom is 0.344 e. The Morgan fingerprint density at radius 1 is 0.619 bits per heavy atom. The van der Waals surface area contributed by atoms with E-state index in [0.717, 1.165) is 84.0 Å². The molecule has 0 fully saturated rings. The van der Waals surface area contributed by atoms with E-state index in [1.165, 1.54) is 0 Å². The first-order valence-electron chi connectivity index (χ1n) is 15.8. The Balaban J connectivity index is 1.83. The molecule has 3 rings (SSSR count). The molecule has 230 valence electrons. The van der Waals surface area contributed by atoms with Crippen LogP contribution in [0.25, 0.3) is 21.5 Å². The zero-order valence-corrected chi connectivity index (χ0v) is 26.6. The molecule has 6 heteroatoms. The van der Waals surface area contributed by atoms with Crippen molar-refractivity contribution in [2.24, 2.45) is 11.8 Å². The summed E-state index contributed by atoms with van der Waals surface area (Å²) in [6, 6.07) is 12.0. The molecule has 3 aromatic rings. The number of rotatable bonds is 18. The predicted octanol–water partition coefficient (Wildman–Crippen LogP) is 8.89. The molecule has 0 spiro atoms. The minimum Gasteiger partial charge on any atom is -0.481 e. The number of ether oxygens (including phenoxy) is 4. The summed E-state index contributed by atoms with van der Waals surface area (Å²) in [7, 11) is 0. The molecule has 0 heterocycles. The number of carbonyl (C=O) groups is 2. The molecular formula is C36H50O6. The van der Waals surface area contributed by atoms with Crippen LogP contribution in [-0.4, -0.2) is 38.4 Å². The van der Waals surface area contributed by atoms with Gasteiger partial charge in [0.25, 0.3) is 0 Å². The maximum absolute atomic E-state index is 12.7. The van der Waals surface area contributed by atoms with Crippen molar-refractivity contribution in [2.75, 3.05) is 26.4 Å². The first kappa shape index (κ1) is 33.2. The van der Waals surface area contributed by atoms with Crippen LogP contribution in [0.2, 0.25) is 0 Å². The van der Waals surface area contributed by atoms with Gasteiger partial charge in [-0.2, -0.15) is 0 Å². The molecule has 3 aromatic carbocycles. The monoisotopic (exact) mass is 578 g/mol. The normalized spacial score (nSPS) is 12.7. The first-order chi connectivity index (χ1) is 20.3. The fraction of sp³-hybridized carbons (Fsp3) is 0.556. The van der Waals surface area contributed by atoms with E-state index >= 15 is 0 Å².